The van der Waals surface area contributed by atoms with Crippen molar-refractivity contribution in [3.8, 4) is 0 Å². The Kier molecular flexibility index (Phi) is 6.06. The van der Waals surface area contributed by atoms with Crippen molar-refractivity contribution in [3.63, 3.8) is 0 Å². The normalized spacial score (nSPS) is 44.6. The van der Waals surface area contributed by atoms with Crippen LogP contribution in [0.1, 0.15) is 98.3 Å². The summed E-state index contributed by atoms with van der Waals surface area (Å²) in [5, 5.41) is 19.8. The van der Waals surface area contributed by atoms with Gasteiger partial charge in [0.2, 0.25) is 5.91 Å². The molecule has 6 aliphatic rings. The lowest BCUT2D eigenvalue weighted by atomic mass is 9.47. The summed E-state index contributed by atoms with van der Waals surface area (Å²) in [5.41, 5.74) is 1.92. The Hall–Kier alpha value is -1.56. The van der Waals surface area contributed by atoms with Gasteiger partial charge in [-0.3, -0.25) is 9.69 Å². The Labute approximate surface area is 222 Å². The summed E-state index contributed by atoms with van der Waals surface area (Å²) in [6.45, 7) is 10.6. The van der Waals surface area contributed by atoms with Crippen LogP contribution >= 0.6 is 0 Å². The number of carboxylic acid groups (broad SMARTS) is 1. The first-order chi connectivity index (χ1) is 17.5. The predicted octanol–water partition coefficient (Wildman–Crippen LogP) is 5.70. The highest BCUT2D eigenvalue weighted by Crippen LogP contribution is 2.67. The fourth-order valence-electron chi connectivity index (χ4n) is 10.9. The lowest BCUT2D eigenvalue weighted by Gasteiger charge is -2.64. The summed E-state index contributed by atoms with van der Waals surface area (Å²) in [4.78, 5) is 28.1. The van der Waals surface area contributed by atoms with Crippen molar-refractivity contribution in [2.24, 2.45) is 40.4 Å². The number of carbonyl (C=O) groups excluding carboxylic acids is 1. The number of hydrogen-bond donors (Lipinski definition) is 2. The zero-order valence-corrected chi connectivity index (χ0v) is 23.4. The van der Waals surface area contributed by atoms with Crippen LogP contribution in [-0.4, -0.2) is 62.8 Å². The fourth-order valence-corrected chi connectivity index (χ4v) is 10.9. The molecule has 2 amide bonds. The van der Waals surface area contributed by atoms with Gasteiger partial charge in [0, 0.05) is 25.6 Å². The highest BCUT2D eigenvalue weighted by molar-refractivity contribution is 5.78. The molecule has 1 spiro atoms. The van der Waals surface area contributed by atoms with Gasteiger partial charge in [-0.25, -0.2) is 4.79 Å². The smallest absolute Gasteiger partial charge is 0.408 e. The van der Waals surface area contributed by atoms with E-state index in [1.165, 1.54) is 32.1 Å². The summed E-state index contributed by atoms with van der Waals surface area (Å²) in [6.07, 6.45) is 13.4. The van der Waals surface area contributed by atoms with Gasteiger partial charge in [-0.05, 0) is 112 Å². The van der Waals surface area contributed by atoms with E-state index in [0.717, 1.165) is 49.9 Å². The van der Waals surface area contributed by atoms with E-state index in [0.29, 0.717) is 42.2 Å². The summed E-state index contributed by atoms with van der Waals surface area (Å²) in [5.74, 6) is 3.78. The van der Waals surface area contributed by atoms with E-state index in [1.54, 1.807) is 10.5 Å². The van der Waals surface area contributed by atoms with Gasteiger partial charge >= 0.3 is 6.09 Å². The molecule has 2 N–H and O–H groups in total. The molecule has 2 unspecified atom stereocenters. The van der Waals surface area contributed by atoms with Gasteiger partial charge in [-0.15, -0.1) is 0 Å². The Morgan fingerprint density at radius 3 is 2.57 bits per heavy atom. The molecule has 9 atom stereocenters. The molecule has 206 valence electrons. The van der Waals surface area contributed by atoms with Crippen LogP contribution in [0.15, 0.2) is 11.6 Å². The standard InChI is InChI=1S/C31H48N2O4/c1-19(5-10-27(35)32-17-31(18-32)16-20(2)33(31)28(36)37)24-8-9-25-23-7-6-21-15-22(34)11-13-29(21,3)26(23)12-14-30(24,25)4/h6,19-20,22-26,34H,5,7-18H2,1-4H3,(H,36,37)/t19?,20?,22-,23-,24+,25-,26-,29-,30+/m0/s1. The van der Waals surface area contributed by atoms with Crippen LogP contribution in [0.25, 0.3) is 0 Å². The molecule has 5 fully saturated rings. The second-order valence-electron chi connectivity index (χ2n) is 14.6. The minimum Gasteiger partial charge on any atom is -0.465 e. The number of rotatable bonds is 4. The molecule has 0 aromatic heterocycles. The van der Waals surface area contributed by atoms with Crippen molar-refractivity contribution in [1.82, 2.24) is 9.80 Å². The van der Waals surface area contributed by atoms with Gasteiger partial charge < -0.3 is 15.1 Å². The Balaban J connectivity index is 1.06. The van der Waals surface area contributed by atoms with E-state index in [-0.39, 0.29) is 23.6 Å². The van der Waals surface area contributed by atoms with Crippen LogP contribution in [0.2, 0.25) is 0 Å². The maximum Gasteiger partial charge on any atom is 0.408 e. The van der Waals surface area contributed by atoms with Crippen molar-refractivity contribution in [1.29, 1.82) is 0 Å². The quantitative estimate of drug-likeness (QED) is 0.474. The number of aliphatic hydroxyl groups excluding tert-OH is 1. The highest BCUT2D eigenvalue weighted by atomic mass is 16.4. The highest BCUT2D eigenvalue weighted by Gasteiger charge is 2.61. The van der Waals surface area contributed by atoms with Crippen molar-refractivity contribution in [2.75, 3.05) is 13.1 Å². The SMILES string of the molecule is CC(CCC(=O)N1CC2(CC(C)N2C(=O)O)C1)[C@H]1CC[C@H]2[C@@H]3CC=C4C[C@@H](O)CC[C@]4(C)[C@H]3CC[C@]12C. The van der Waals surface area contributed by atoms with Gasteiger partial charge in [0.25, 0.3) is 0 Å². The third kappa shape index (κ3) is 3.74. The maximum atomic E-state index is 13.0. The van der Waals surface area contributed by atoms with Gasteiger partial charge in [0.1, 0.15) is 0 Å². The molecule has 37 heavy (non-hydrogen) atoms. The summed E-state index contributed by atoms with van der Waals surface area (Å²) in [7, 11) is 0. The Bertz CT molecular complexity index is 988. The number of aliphatic hydroxyl groups is 1. The van der Waals surface area contributed by atoms with Gasteiger partial charge in [-0.1, -0.05) is 32.4 Å². The van der Waals surface area contributed by atoms with Gasteiger partial charge in [0.15, 0.2) is 0 Å². The van der Waals surface area contributed by atoms with Crippen molar-refractivity contribution in [3.05, 3.63) is 11.6 Å². The summed E-state index contributed by atoms with van der Waals surface area (Å²) in [6, 6.07) is 0.0689. The second kappa shape index (κ2) is 8.72. The molecule has 6 nitrogen and oxygen atoms in total. The van der Waals surface area contributed by atoms with Crippen molar-refractivity contribution in [2.45, 2.75) is 116 Å². The summed E-state index contributed by atoms with van der Waals surface area (Å²) >= 11 is 0. The lowest BCUT2D eigenvalue weighted by molar-refractivity contribution is -0.164. The molecule has 0 bridgehead atoms. The zero-order chi connectivity index (χ0) is 26.3. The number of allylic oxidation sites excluding steroid dienone is 1. The monoisotopic (exact) mass is 512 g/mol. The van der Waals surface area contributed by atoms with Crippen LogP contribution < -0.4 is 0 Å². The fraction of sp³-hybridized carbons (Fsp3) is 0.871. The molecule has 6 heteroatoms. The van der Waals surface area contributed by atoms with Gasteiger partial charge in [0.05, 0.1) is 11.6 Å². The molecule has 0 radical (unpaired) electrons. The minimum atomic E-state index is -0.849. The number of carbonyl (C=O) groups is 2. The van der Waals surface area contributed by atoms with E-state index in [4.69, 9.17) is 0 Å². The molecule has 2 aliphatic heterocycles. The van der Waals surface area contributed by atoms with Crippen LogP contribution in [0.5, 0.6) is 0 Å². The molecule has 0 aromatic carbocycles. The van der Waals surface area contributed by atoms with E-state index in [2.05, 4.69) is 26.8 Å². The first kappa shape index (κ1) is 25.7. The second-order valence-corrected chi connectivity index (χ2v) is 14.6. The van der Waals surface area contributed by atoms with E-state index >= 15 is 0 Å². The molecule has 4 aliphatic carbocycles. The molecular weight excluding hydrogens is 464 g/mol. The molecule has 2 saturated heterocycles. The van der Waals surface area contributed by atoms with E-state index in [9.17, 15) is 19.8 Å². The van der Waals surface area contributed by atoms with Crippen LogP contribution in [0.4, 0.5) is 4.79 Å². The predicted molar refractivity (Wildman–Crippen MR) is 143 cm³/mol. The Morgan fingerprint density at radius 1 is 1.11 bits per heavy atom. The van der Waals surface area contributed by atoms with Crippen LogP contribution in [0.3, 0.4) is 0 Å². The zero-order valence-electron chi connectivity index (χ0n) is 23.4. The topological polar surface area (TPSA) is 81.1 Å². The van der Waals surface area contributed by atoms with Crippen molar-refractivity contribution >= 4 is 12.0 Å². The minimum absolute atomic E-state index is 0.0689. The average Bonchev–Trinajstić information content (AvgIpc) is 3.16. The number of likely N-dealkylation sites (tertiary alicyclic amines) is 2. The third-order valence-corrected chi connectivity index (χ3v) is 12.8. The number of nitrogens with zero attached hydrogens (tertiary/aromatic N) is 2. The molecule has 3 saturated carbocycles. The number of fused-ring (bicyclic) bond motifs is 5. The molecule has 0 aromatic rings. The van der Waals surface area contributed by atoms with E-state index in [1.807, 2.05) is 11.8 Å². The van der Waals surface area contributed by atoms with Gasteiger partial charge in [-0.2, -0.15) is 0 Å². The first-order valence-corrected chi connectivity index (χ1v) is 15.2. The first-order valence-electron chi connectivity index (χ1n) is 15.2. The van der Waals surface area contributed by atoms with Crippen molar-refractivity contribution < 1.29 is 19.8 Å². The molecule has 2 heterocycles. The lowest BCUT2D eigenvalue weighted by Crippen LogP contribution is -2.81. The number of amides is 2. The average molecular weight is 513 g/mol. The molecule has 6 rings (SSSR count). The summed E-state index contributed by atoms with van der Waals surface area (Å²) < 4.78 is 0. The van der Waals surface area contributed by atoms with Crippen LogP contribution in [0, 0.1) is 40.4 Å². The number of hydrogen-bond acceptors (Lipinski definition) is 3. The molecular formula is C31H48N2O4. The largest absolute Gasteiger partial charge is 0.465 e. The van der Waals surface area contributed by atoms with Crippen LogP contribution in [-0.2, 0) is 4.79 Å². The third-order valence-electron chi connectivity index (χ3n) is 12.8. The van der Waals surface area contributed by atoms with E-state index < -0.39 is 6.09 Å². The maximum absolute atomic E-state index is 13.0. The Morgan fingerprint density at radius 2 is 1.86 bits per heavy atom.